The summed E-state index contributed by atoms with van der Waals surface area (Å²) < 4.78 is 27.2. The van der Waals surface area contributed by atoms with Crippen LogP contribution in [0.15, 0.2) is 34.2 Å². The van der Waals surface area contributed by atoms with E-state index in [1.165, 1.54) is 19.3 Å². The molecule has 0 spiro atoms. The second kappa shape index (κ2) is 10.2. The largest absolute Gasteiger partial charge is 0.355 e. The maximum atomic E-state index is 12.3. The molecule has 1 aromatic carbocycles. The summed E-state index contributed by atoms with van der Waals surface area (Å²) in [5.41, 5.74) is 1.08. The van der Waals surface area contributed by atoms with Crippen LogP contribution in [-0.2, 0) is 10.0 Å². The Bertz CT molecular complexity index is 738. The van der Waals surface area contributed by atoms with E-state index in [-0.39, 0.29) is 17.0 Å². The average Bonchev–Trinajstić information content (AvgIpc) is 2.68. The van der Waals surface area contributed by atoms with E-state index in [0.717, 1.165) is 25.2 Å². The molecule has 28 heavy (non-hydrogen) atoms. The molecule has 0 atom stereocenters. The summed E-state index contributed by atoms with van der Waals surface area (Å²) in [7, 11) is -1.77. The third-order valence-electron chi connectivity index (χ3n) is 5.16. The van der Waals surface area contributed by atoms with Gasteiger partial charge in [0.25, 0.3) is 0 Å². The molecule has 0 radical (unpaired) electrons. The second-order valence-corrected chi connectivity index (χ2v) is 9.69. The Hall–Kier alpha value is -1.64. The third-order valence-corrected chi connectivity index (χ3v) is 6.64. The van der Waals surface area contributed by atoms with E-state index < -0.39 is 10.0 Å². The molecule has 8 heteroatoms. The van der Waals surface area contributed by atoms with Crippen LogP contribution in [0, 0.1) is 6.92 Å². The first kappa shape index (κ1) is 22.6. The minimum Gasteiger partial charge on any atom is -0.355 e. The molecule has 0 amide bonds. The van der Waals surface area contributed by atoms with Gasteiger partial charge in [-0.25, -0.2) is 13.1 Å². The second-order valence-electron chi connectivity index (χ2n) is 7.92. The molecule has 0 unspecified atom stereocenters. The molecule has 0 aliphatic carbocycles. The van der Waals surface area contributed by atoms with Crippen molar-refractivity contribution in [2.24, 2.45) is 4.99 Å². The van der Waals surface area contributed by atoms with Crippen molar-refractivity contribution in [3.05, 3.63) is 29.8 Å². The number of rotatable bonds is 8. The van der Waals surface area contributed by atoms with Crippen molar-refractivity contribution in [1.29, 1.82) is 0 Å². The number of sulfonamides is 1. The van der Waals surface area contributed by atoms with Crippen molar-refractivity contribution in [2.75, 3.05) is 39.8 Å². The summed E-state index contributed by atoms with van der Waals surface area (Å²) in [5, 5.41) is 6.53. The van der Waals surface area contributed by atoms with E-state index in [2.05, 4.69) is 39.1 Å². The normalized spacial score (nSPS) is 16.8. The van der Waals surface area contributed by atoms with Crippen LogP contribution in [0.25, 0.3) is 0 Å². The molecular formula is C20H35N5O2S. The zero-order chi connectivity index (χ0) is 20.6. The van der Waals surface area contributed by atoms with Gasteiger partial charge < -0.3 is 10.6 Å². The molecular weight excluding hydrogens is 374 g/mol. The third kappa shape index (κ3) is 6.76. The lowest BCUT2D eigenvalue weighted by Crippen LogP contribution is -2.55. The topological polar surface area (TPSA) is 85.8 Å². The number of hydrogen-bond donors (Lipinski definition) is 3. The zero-order valence-electron chi connectivity index (χ0n) is 17.6. The van der Waals surface area contributed by atoms with Crippen molar-refractivity contribution in [2.45, 2.75) is 50.5 Å². The molecule has 158 valence electrons. The van der Waals surface area contributed by atoms with Gasteiger partial charge in [0.1, 0.15) is 0 Å². The number of nitrogens with one attached hydrogen (secondary N) is 3. The predicted molar refractivity (Wildman–Crippen MR) is 115 cm³/mol. The molecule has 1 aliphatic heterocycles. The van der Waals surface area contributed by atoms with Gasteiger partial charge in [0.2, 0.25) is 10.0 Å². The summed E-state index contributed by atoms with van der Waals surface area (Å²) in [6, 6.07) is 6.83. The number of aliphatic imine (C=N–C) groups is 1. The van der Waals surface area contributed by atoms with E-state index in [0.29, 0.717) is 12.5 Å². The minimum absolute atomic E-state index is 0.0467. The van der Waals surface area contributed by atoms with Crippen LogP contribution in [0.2, 0.25) is 0 Å². The Morgan fingerprint density at radius 3 is 2.32 bits per heavy atom. The summed E-state index contributed by atoms with van der Waals surface area (Å²) in [6.45, 7) is 10.2. The van der Waals surface area contributed by atoms with Crippen LogP contribution in [0.4, 0.5) is 0 Å². The van der Waals surface area contributed by atoms with Gasteiger partial charge in [-0.05, 0) is 58.8 Å². The summed E-state index contributed by atoms with van der Waals surface area (Å²) in [4.78, 5) is 7.04. The Kier molecular flexibility index (Phi) is 8.27. The minimum atomic E-state index is -3.49. The van der Waals surface area contributed by atoms with Crippen LogP contribution in [0.5, 0.6) is 0 Å². The number of nitrogens with zero attached hydrogens (tertiary/aromatic N) is 2. The molecule has 2 rings (SSSR count). The highest BCUT2D eigenvalue weighted by Gasteiger charge is 2.27. The molecule has 1 fully saturated rings. The van der Waals surface area contributed by atoms with Gasteiger partial charge in [-0.15, -0.1) is 0 Å². The van der Waals surface area contributed by atoms with Gasteiger partial charge in [0, 0.05) is 32.2 Å². The SMILES string of the molecule is CN=C(NCCNS(=O)(=O)c1ccc(C)cc1)NCC(C)(C)N1CCCCC1. The van der Waals surface area contributed by atoms with Gasteiger partial charge >= 0.3 is 0 Å². The molecule has 0 saturated carbocycles. The van der Waals surface area contributed by atoms with Crippen LogP contribution in [0.1, 0.15) is 38.7 Å². The van der Waals surface area contributed by atoms with E-state index in [4.69, 9.17) is 0 Å². The number of benzene rings is 1. The number of aryl methyl sites for hydroxylation is 1. The maximum Gasteiger partial charge on any atom is 0.240 e. The Morgan fingerprint density at radius 2 is 1.71 bits per heavy atom. The molecule has 0 aromatic heterocycles. The number of guanidine groups is 1. The number of hydrogen-bond acceptors (Lipinski definition) is 4. The molecule has 3 N–H and O–H groups in total. The predicted octanol–water partition coefficient (Wildman–Crippen LogP) is 1.70. The number of likely N-dealkylation sites (tertiary alicyclic amines) is 1. The summed E-state index contributed by atoms with van der Waals surface area (Å²) >= 11 is 0. The standard InChI is InChI=1S/C20H35N5O2S/c1-17-8-10-18(11-9-17)28(26,27)24-13-12-22-19(21-4)23-16-20(2,3)25-14-6-5-7-15-25/h8-11,24H,5-7,12-16H2,1-4H3,(H2,21,22,23). The summed E-state index contributed by atoms with van der Waals surface area (Å²) in [6.07, 6.45) is 3.84. The highest BCUT2D eigenvalue weighted by Crippen LogP contribution is 2.19. The van der Waals surface area contributed by atoms with Gasteiger partial charge in [0.05, 0.1) is 4.90 Å². The fourth-order valence-electron chi connectivity index (χ4n) is 3.30. The fourth-order valence-corrected chi connectivity index (χ4v) is 4.33. The van der Waals surface area contributed by atoms with E-state index in [1.807, 2.05) is 6.92 Å². The van der Waals surface area contributed by atoms with Crippen molar-refractivity contribution < 1.29 is 8.42 Å². The van der Waals surface area contributed by atoms with Crippen molar-refractivity contribution in [3.63, 3.8) is 0 Å². The van der Waals surface area contributed by atoms with E-state index in [9.17, 15) is 8.42 Å². The zero-order valence-corrected chi connectivity index (χ0v) is 18.4. The van der Waals surface area contributed by atoms with E-state index >= 15 is 0 Å². The average molecular weight is 410 g/mol. The fraction of sp³-hybridized carbons (Fsp3) is 0.650. The highest BCUT2D eigenvalue weighted by atomic mass is 32.2. The molecule has 0 bridgehead atoms. The van der Waals surface area contributed by atoms with E-state index in [1.54, 1.807) is 31.3 Å². The van der Waals surface area contributed by atoms with Crippen molar-refractivity contribution in [1.82, 2.24) is 20.3 Å². The first-order chi connectivity index (χ1) is 13.2. The lowest BCUT2D eigenvalue weighted by atomic mass is 9.98. The molecule has 1 aromatic rings. The Balaban J connectivity index is 1.75. The molecule has 1 aliphatic rings. The van der Waals surface area contributed by atoms with Gasteiger partial charge in [-0.3, -0.25) is 9.89 Å². The van der Waals surface area contributed by atoms with Crippen molar-refractivity contribution >= 4 is 16.0 Å². The summed E-state index contributed by atoms with van der Waals surface area (Å²) in [5.74, 6) is 0.680. The van der Waals surface area contributed by atoms with Crippen LogP contribution in [0.3, 0.4) is 0 Å². The van der Waals surface area contributed by atoms with Gasteiger partial charge in [-0.2, -0.15) is 0 Å². The highest BCUT2D eigenvalue weighted by molar-refractivity contribution is 7.89. The molecule has 1 saturated heterocycles. The number of piperidine rings is 1. The van der Waals surface area contributed by atoms with Crippen LogP contribution < -0.4 is 15.4 Å². The first-order valence-electron chi connectivity index (χ1n) is 10.0. The Morgan fingerprint density at radius 1 is 1.07 bits per heavy atom. The van der Waals surface area contributed by atoms with Crippen LogP contribution >= 0.6 is 0 Å². The monoisotopic (exact) mass is 409 g/mol. The lowest BCUT2D eigenvalue weighted by molar-refractivity contribution is 0.0982. The molecule has 7 nitrogen and oxygen atoms in total. The van der Waals surface area contributed by atoms with Crippen LogP contribution in [-0.4, -0.2) is 64.6 Å². The quantitative estimate of drug-likeness (QED) is 0.346. The lowest BCUT2D eigenvalue weighted by Gasteiger charge is -2.41. The smallest absolute Gasteiger partial charge is 0.240 e. The Labute approximate surface area is 170 Å². The first-order valence-corrected chi connectivity index (χ1v) is 11.5. The van der Waals surface area contributed by atoms with Crippen molar-refractivity contribution in [3.8, 4) is 0 Å². The maximum absolute atomic E-state index is 12.3. The molecule has 1 heterocycles. The van der Waals surface area contributed by atoms with Gasteiger partial charge in [-0.1, -0.05) is 24.1 Å². The van der Waals surface area contributed by atoms with Gasteiger partial charge in [0.15, 0.2) is 5.96 Å².